The lowest BCUT2D eigenvalue weighted by molar-refractivity contribution is -0.127. The highest BCUT2D eigenvalue weighted by Gasteiger charge is 2.45. The Kier molecular flexibility index (Phi) is 4.62. The Hall–Kier alpha value is -2.31. The van der Waals surface area contributed by atoms with Crippen molar-refractivity contribution in [3.05, 3.63) is 23.9 Å². The van der Waals surface area contributed by atoms with Crippen molar-refractivity contribution in [3.63, 3.8) is 0 Å². The molecule has 1 aromatic heterocycles. The summed E-state index contributed by atoms with van der Waals surface area (Å²) >= 11 is 0. The lowest BCUT2D eigenvalue weighted by Crippen LogP contribution is -2.48. The van der Waals surface area contributed by atoms with E-state index in [4.69, 9.17) is 15.7 Å². The van der Waals surface area contributed by atoms with Gasteiger partial charge in [-0.2, -0.15) is 0 Å². The van der Waals surface area contributed by atoms with Crippen LogP contribution in [0.2, 0.25) is 0 Å². The van der Waals surface area contributed by atoms with Gasteiger partial charge in [0.2, 0.25) is 11.8 Å². The average molecular weight is 292 g/mol. The number of hydrogen-bond donors (Lipinski definition) is 3. The summed E-state index contributed by atoms with van der Waals surface area (Å²) in [7, 11) is 1.55. The fourth-order valence-corrected chi connectivity index (χ4v) is 2.66. The molecule has 0 unspecified atom stereocenters. The van der Waals surface area contributed by atoms with E-state index in [1.54, 1.807) is 19.4 Å². The molecule has 4 N–H and O–H groups in total. The Balaban J connectivity index is 2.02. The Morgan fingerprint density at radius 1 is 1.52 bits per heavy atom. The summed E-state index contributed by atoms with van der Waals surface area (Å²) in [6.45, 7) is 0.344. The molecule has 2 rings (SSSR count). The minimum atomic E-state index is -0.880. The normalized spacial score (nSPS) is 17.5. The molecule has 7 heteroatoms. The van der Waals surface area contributed by atoms with Crippen LogP contribution in [0.1, 0.15) is 31.2 Å². The summed E-state index contributed by atoms with van der Waals surface area (Å²) in [4.78, 5) is 16.5. The zero-order valence-corrected chi connectivity index (χ0v) is 12.0. The van der Waals surface area contributed by atoms with Crippen LogP contribution in [0.5, 0.6) is 5.88 Å². The molecular weight excluding hydrogens is 272 g/mol. The molecule has 1 amide bonds. The number of nitrogens with two attached hydrogens (primary N) is 1. The molecule has 1 heterocycles. The van der Waals surface area contributed by atoms with E-state index >= 15 is 0 Å². The molecule has 21 heavy (non-hydrogen) atoms. The molecule has 0 saturated heterocycles. The number of aromatic nitrogens is 1. The van der Waals surface area contributed by atoms with Gasteiger partial charge in [0, 0.05) is 18.8 Å². The van der Waals surface area contributed by atoms with Crippen molar-refractivity contribution in [1.29, 1.82) is 0 Å². The summed E-state index contributed by atoms with van der Waals surface area (Å²) in [5.74, 6) is 0.311. The van der Waals surface area contributed by atoms with Gasteiger partial charge in [-0.15, -0.1) is 0 Å². The predicted octanol–water partition coefficient (Wildman–Crippen LogP) is 1.01. The third-order valence-corrected chi connectivity index (χ3v) is 3.95. The second-order valence-corrected chi connectivity index (χ2v) is 5.17. The van der Waals surface area contributed by atoms with E-state index < -0.39 is 5.41 Å². The molecule has 0 radical (unpaired) electrons. The van der Waals surface area contributed by atoms with Crippen LogP contribution in [-0.2, 0) is 11.3 Å². The molecule has 114 valence electrons. The summed E-state index contributed by atoms with van der Waals surface area (Å²) in [5.41, 5.74) is 5.71. The Labute approximate surface area is 123 Å². The van der Waals surface area contributed by atoms with E-state index in [-0.39, 0.29) is 11.7 Å². The fourth-order valence-electron chi connectivity index (χ4n) is 2.66. The number of nitrogens with zero attached hydrogens (tertiary/aromatic N) is 2. The SMILES string of the molecule is COc1ccc(CNC(=O)C2(C(N)=NO)CCCC2)cn1. The van der Waals surface area contributed by atoms with Gasteiger partial charge in [0.1, 0.15) is 5.41 Å². The first-order valence-electron chi connectivity index (χ1n) is 6.87. The molecule has 0 bridgehead atoms. The monoisotopic (exact) mass is 292 g/mol. The fraction of sp³-hybridized carbons (Fsp3) is 0.500. The van der Waals surface area contributed by atoms with Crippen LogP contribution in [0.4, 0.5) is 0 Å². The van der Waals surface area contributed by atoms with Crippen LogP contribution >= 0.6 is 0 Å². The Morgan fingerprint density at radius 2 is 2.24 bits per heavy atom. The zero-order valence-electron chi connectivity index (χ0n) is 12.0. The third-order valence-electron chi connectivity index (χ3n) is 3.95. The third kappa shape index (κ3) is 3.07. The highest BCUT2D eigenvalue weighted by Crippen LogP contribution is 2.38. The maximum Gasteiger partial charge on any atom is 0.234 e. The number of carbonyl (C=O) groups excluding carboxylic acids is 1. The number of pyridine rings is 1. The van der Waals surface area contributed by atoms with E-state index in [1.165, 1.54) is 0 Å². The molecule has 0 atom stereocenters. The van der Waals surface area contributed by atoms with Gasteiger partial charge in [0.15, 0.2) is 5.84 Å². The molecule has 1 aromatic rings. The molecule has 1 aliphatic rings. The van der Waals surface area contributed by atoms with E-state index in [0.717, 1.165) is 18.4 Å². The van der Waals surface area contributed by atoms with Crippen molar-refractivity contribution in [2.45, 2.75) is 32.2 Å². The van der Waals surface area contributed by atoms with Gasteiger partial charge in [0.05, 0.1) is 7.11 Å². The number of carbonyl (C=O) groups is 1. The number of nitrogens with one attached hydrogen (secondary N) is 1. The van der Waals surface area contributed by atoms with Crippen LogP contribution in [-0.4, -0.2) is 29.0 Å². The molecule has 7 nitrogen and oxygen atoms in total. The summed E-state index contributed by atoms with van der Waals surface area (Å²) in [6, 6.07) is 3.56. The maximum atomic E-state index is 12.4. The van der Waals surface area contributed by atoms with Gasteiger partial charge in [0.25, 0.3) is 0 Å². The van der Waals surface area contributed by atoms with Crippen molar-refractivity contribution >= 4 is 11.7 Å². The minimum absolute atomic E-state index is 0.00893. The highest BCUT2D eigenvalue weighted by molar-refractivity contribution is 6.07. The van der Waals surface area contributed by atoms with Crippen LogP contribution < -0.4 is 15.8 Å². The largest absolute Gasteiger partial charge is 0.481 e. The van der Waals surface area contributed by atoms with Crippen LogP contribution in [0, 0.1) is 5.41 Å². The number of amidine groups is 1. The van der Waals surface area contributed by atoms with E-state index in [2.05, 4.69) is 15.5 Å². The molecule has 1 saturated carbocycles. The topological polar surface area (TPSA) is 110 Å². The van der Waals surface area contributed by atoms with E-state index in [0.29, 0.717) is 25.3 Å². The lowest BCUT2D eigenvalue weighted by Gasteiger charge is -2.25. The first-order chi connectivity index (χ1) is 10.1. The molecule has 1 aliphatic carbocycles. The second kappa shape index (κ2) is 6.43. The number of oxime groups is 1. The van der Waals surface area contributed by atoms with E-state index in [9.17, 15) is 4.79 Å². The number of methoxy groups -OCH3 is 1. The van der Waals surface area contributed by atoms with Crippen LogP contribution in [0.15, 0.2) is 23.5 Å². The standard InChI is InChI=1S/C14H20N4O3/c1-21-11-5-4-10(8-16-11)9-17-13(19)14(12(15)18-20)6-2-3-7-14/h4-5,8,20H,2-3,6-7,9H2,1H3,(H2,15,18)(H,17,19). The first kappa shape index (κ1) is 15.1. The number of ether oxygens (including phenoxy) is 1. The smallest absolute Gasteiger partial charge is 0.234 e. The minimum Gasteiger partial charge on any atom is -0.481 e. The van der Waals surface area contributed by atoms with Crippen molar-refractivity contribution < 1.29 is 14.7 Å². The van der Waals surface area contributed by atoms with Crippen LogP contribution in [0.3, 0.4) is 0 Å². The van der Waals surface area contributed by atoms with Crippen molar-refractivity contribution in [2.75, 3.05) is 7.11 Å². The maximum absolute atomic E-state index is 12.4. The molecular formula is C14H20N4O3. The molecule has 1 fully saturated rings. The van der Waals surface area contributed by atoms with Crippen LogP contribution in [0.25, 0.3) is 0 Å². The van der Waals surface area contributed by atoms with Gasteiger partial charge < -0.3 is 21.0 Å². The lowest BCUT2D eigenvalue weighted by atomic mass is 9.83. The summed E-state index contributed by atoms with van der Waals surface area (Å²) in [6.07, 6.45) is 4.65. The van der Waals surface area contributed by atoms with Gasteiger partial charge >= 0.3 is 0 Å². The van der Waals surface area contributed by atoms with E-state index in [1.807, 2.05) is 6.07 Å². The van der Waals surface area contributed by atoms with Crippen molar-refractivity contribution in [3.8, 4) is 5.88 Å². The van der Waals surface area contributed by atoms with Gasteiger partial charge in [-0.1, -0.05) is 24.1 Å². The van der Waals surface area contributed by atoms with Gasteiger partial charge in [-0.25, -0.2) is 4.98 Å². The van der Waals surface area contributed by atoms with Gasteiger partial charge in [-0.05, 0) is 18.4 Å². The van der Waals surface area contributed by atoms with Crippen molar-refractivity contribution in [1.82, 2.24) is 10.3 Å². The van der Waals surface area contributed by atoms with Gasteiger partial charge in [-0.3, -0.25) is 4.79 Å². The highest BCUT2D eigenvalue weighted by atomic mass is 16.5. The number of hydrogen-bond acceptors (Lipinski definition) is 5. The summed E-state index contributed by atoms with van der Waals surface area (Å²) < 4.78 is 4.98. The Bertz CT molecular complexity index is 522. The van der Waals surface area contributed by atoms with Crippen molar-refractivity contribution in [2.24, 2.45) is 16.3 Å². The molecule has 0 spiro atoms. The quantitative estimate of drug-likeness (QED) is 0.325. The average Bonchev–Trinajstić information content (AvgIpc) is 3.03. The Morgan fingerprint density at radius 3 is 2.76 bits per heavy atom. The first-order valence-corrected chi connectivity index (χ1v) is 6.87. The number of amides is 1. The molecule has 0 aromatic carbocycles. The second-order valence-electron chi connectivity index (χ2n) is 5.17. The zero-order chi connectivity index (χ0) is 15.3. The molecule has 0 aliphatic heterocycles. The predicted molar refractivity (Wildman–Crippen MR) is 76.9 cm³/mol. The summed E-state index contributed by atoms with van der Waals surface area (Å²) in [5, 5.41) is 14.8. The number of rotatable bonds is 5.